The van der Waals surface area contributed by atoms with Gasteiger partial charge in [-0.05, 0) is 59.5 Å². The number of fused-ring (bicyclic) bond motifs is 1. The van der Waals surface area contributed by atoms with Gasteiger partial charge in [-0.15, -0.1) is 0 Å². The van der Waals surface area contributed by atoms with Crippen LogP contribution < -0.4 is 4.74 Å². The maximum absolute atomic E-state index is 13.3. The molecule has 0 spiro atoms. The zero-order valence-electron chi connectivity index (χ0n) is 15.1. The molecule has 0 aromatic heterocycles. The number of nitrogens with zero attached hydrogens (tertiary/aromatic N) is 1. The molecule has 1 aliphatic heterocycles. The number of carbonyl (C=O) groups is 1. The van der Waals surface area contributed by atoms with Gasteiger partial charge in [0.1, 0.15) is 11.6 Å². The molecule has 136 valence electrons. The Bertz CT molecular complexity index is 954. The molecule has 0 aliphatic carbocycles. The molecule has 1 aliphatic rings. The quantitative estimate of drug-likeness (QED) is 0.681. The molecule has 4 rings (SSSR count). The molecule has 0 saturated heterocycles. The minimum atomic E-state index is -0.347. The van der Waals surface area contributed by atoms with Crippen molar-refractivity contribution in [2.45, 2.75) is 12.5 Å². The summed E-state index contributed by atoms with van der Waals surface area (Å²) in [6.45, 7) is 0.606. The third kappa shape index (κ3) is 3.31. The van der Waals surface area contributed by atoms with Crippen LogP contribution in [0.2, 0.25) is 0 Å². The van der Waals surface area contributed by atoms with Crippen LogP contribution in [-0.2, 0) is 6.42 Å². The van der Waals surface area contributed by atoms with E-state index in [-0.39, 0.29) is 17.8 Å². The van der Waals surface area contributed by atoms with Crippen LogP contribution in [0.3, 0.4) is 0 Å². The predicted octanol–water partition coefficient (Wildman–Crippen LogP) is 4.62. The van der Waals surface area contributed by atoms with Gasteiger partial charge in [0.15, 0.2) is 0 Å². The highest BCUT2D eigenvalue weighted by Crippen LogP contribution is 2.37. The van der Waals surface area contributed by atoms with E-state index in [0.29, 0.717) is 12.1 Å². The van der Waals surface area contributed by atoms with Crippen LogP contribution in [0, 0.1) is 5.82 Å². The smallest absolute Gasteiger partial charge is 0.254 e. The molecule has 1 unspecified atom stereocenters. The van der Waals surface area contributed by atoms with Crippen molar-refractivity contribution in [3.63, 3.8) is 0 Å². The average Bonchev–Trinajstić information content (AvgIpc) is 2.73. The minimum Gasteiger partial charge on any atom is -0.497 e. The molecule has 1 atom stereocenters. The Labute approximate surface area is 158 Å². The summed E-state index contributed by atoms with van der Waals surface area (Å²) in [6, 6.07) is 21.6. The largest absolute Gasteiger partial charge is 0.497 e. The fourth-order valence-electron chi connectivity index (χ4n) is 3.69. The Hall–Kier alpha value is -3.14. The zero-order valence-corrected chi connectivity index (χ0v) is 15.1. The number of amides is 1. The van der Waals surface area contributed by atoms with Crippen molar-refractivity contribution in [3.8, 4) is 5.75 Å². The van der Waals surface area contributed by atoms with Gasteiger partial charge in [0.05, 0.1) is 13.2 Å². The maximum atomic E-state index is 13.3. The van der Waals surface area contributed by atoms with E-state index in [1.807, 2.05) is 47.4 Å². The Morgan fingerprint density at radius 2 is 1.78 bits per heavy atom. The summed E-state index contributed by atoms with van der Waals surface area (Å²) in [7, 11) is 1.64. The highest BCUT2D eigenvalue weighted by atomic mass is 19.1. The molecule has 0 bridgehead atoms. The Balaban J connectivity index is 1.81. The lowest BCUT2D eigenvalue weighted by Crippen LogP contribution is -2.40. The molecule has 1 heterocycles. The first-order chi connectivity index (χ1) is 13.2. The van der Waals surface area contributed by atoms with Crippen LogP contribution in [0.4, 0.5) is 4.39 Å². The lowest BCUT2D eigenvalue weighted by molar-refractivity contribution is 0.0694. The van der Waals surface area contributed by atoms with Gasteiger partial charge in [-0.2, -0.15) is 0 Å². The van der Waals surface area contributed by atoms with E-state index in [4.69, 9.17) is 4.74 Å². The lowest BCUT2D eigenvalue weighted by atomic mass is 9.87. The summed E-state index contributed by atoms with van der Waals surface area (Å²) in [4.78, 5) is 15.1. The van der Waals surface area contributed by atoms with Crippen molar-refractivity contribution >= 4 is 5.91 Å². The second kappa shape index (κ2) is 7.23. The molecule has 27 heavy (non-hydrogen) atoms. The van der Waals surface area contributed by atoms with E-state index in [1.165, 1.54) is 17.7 Å². The Morgan fingerprint density at radius 1 is 1.04 bits per heavy atom. The maximum Gasteiger partial charge on any atom is 0.254 e. The topological polar surface area (TPSA) is 29.5 Å². The van der Waals surface area contributed by atoms with E-state index < -0.39 is 0 Å². The molecule has 3 aromatic carbocycles. The Morgan fingerprint density at radius 3 is 2.48 bits per heavy atom. The SMILES string of the molecule is COc1ccc2c(c1)C(c1ccccc1)N(C(=O)c1ccc(F)cc1)CC2. The number of ether oxygens (including phenoxy) is 1. The second-order valence-electron chi connectivity index (χ2n) is 6.63. The van der Waals surface area contributed by atoms with Gasteiger partial charge in [-0.3, -0.25) is 4.79 Å². The van der Waals surface area contributed by atoms with Crippen LogP contribution in [-0.4, -0.2) is 24.5 Å². The molecule has 4 heteroatoms. The molecule has 0 saturated carbocycles. The van der Waals surface area contributed by atoms with Crippen molar-refractivity contribution in [2.75, 3.05) is 13.7 Å². The van der Waals surface area contributed by atoms with Crippen LogP contribution >= 0.6 is 0 Å². The number of benzene rings is 3. The van der Waals surface area contributed by atoms with Crippen molar-refractivity contribution in [2.24, 2.45) is 0 Å². The molecule has 0 radical (unpaired) electrons. The first kappa shape index (κ1) is 17.3. The van der Waals surface area contributed by atoms with Crippen LogP contribution in [0.1, 0.15) is 33.1 Å². The fraction of sp³-hybridized carbons (Fsp3) is 0.174. The summed E-state index contributed by atoms with van der Waals surface area (Å²) in [5.74, 6) is 0.322. The number of hydrogen-bond donors (Lipinski definition) is 0. The fourth-order valence-corrected chi connectivity index (χ4v) is 3.69. The molecule has 0 fully saturated rings. The van der Waals surface area contributed by atoms with Gasteiger partial charge in [-0.1, -0.05) is 36.4 Å². The number of hydrogen-bond acceptors (Lipinski definition) is 2. The van der Waals surface area contributed by atoms with Crippen LogP contribution in [0.25, 0.3) is 0 Å². The standard InChI is InChI=1S/C23H20FNO2/c1-27-20-12-9-16-13-14-25(23(26)18-7-10-19(24)11-8-18)22(21(16)15-20)17-5-3-2-4-6-17/h2-12,15,22H,13-14H2,1H3. The van der Waals surface area contributed by atoms with E-state index >= 15 is 0 Å². The van der Waals surface area contributed by atoms with Crippen molar-refractivity contribution in [3.05, 3.63) is 101 Å². The summed E-state index contributed by atoms with van der Waals surface area (Å²) < 4.78 is 18.7. The van der Waals surface area contributed by atoms with Crippen molar-refractivity contribution in [1.82, 2.24) is 4.90 Å². The summed E-state index contributed by atoms with van der Waals surface area (Å²) in [5, 5.41) is 0. The zero-order chi connectivity index (χ0) is 18.8. The number of carbonyl (C=O) groups excluding carboxylic acids is 1. The first-order valence-corrected chi connectivity index (χ1v) is 8.95. The van der Waals surface area contributed by atoms with E-state index in [1.54, 1.807) is 19.2 Å². The van der Waals surface area contributed by atoms with Crippen molar-refractivity contribution in [1.29, 1.82) is 0 Å². The molecule has 1 amide bonds. The van der Waals surface area contributed by atoms with E-state index in [0.717, 1.165) is 23.3 Å². The second-order valence-corrected chi connectivity index (χ2v) is 6.63. The molecular weight excluding hydrogens is 341 g/mol. The van der Waals surface area contributed by atoms with Gasteiger partial charge >= 0.3 is 0 Å². The van der Waals surface area contributed by atoms with Gasteiger partial charge < -0.3 is 9.64 Å². The molecule has 3 aromatic rings. The number of rotatable bonds is 3. The first-order valence-electron chi connectivity index (χ1n) is 8.95. The number of methoxy groups -OCH3 is 1. The molecule has 3 nitrogen and oxygen atoms in total. The van der Waals surface area contributed by atoms with Gasteiger partial charge in [0.2, 0.25) is 0 Å². The van der Waals surface area contributed by atoms with Crippen molar-refractivity contribution < 1.29 is 13.9 Å². The highest BCUT2D eigenvalue weighted by Gasteiger charge is 2.32. The monoisotopic (exact) mass is 361 g/mol. The Kier molecular flexibility index (Phi) is 4.63. The van der Waals surface area contributed by atoms with Crippen LogP contribution in [0.15, 0.2) is 72.8 Å². The molecular formula is C23H20FNO2. The normalized spacial score (nSPS) is 15.9. The highest BCUT2D eigenvalue weighted by molar-refractivity contribution is 5.95. The third-order valence-corrected chi connectivity index (χ3v) is 5.05. The summed E-state index contributed by atoms with van der Waals surface area (Å²) in [6.07, 6.45) is 0.773. The minimum absolute atomic E-state index is 0.0997. The van der Waals surface area contributed by atoms with Gasteiger partial charge in [-0.25, -0.2) is 4.39 Å². The van der Waals surface area contributed by atoms with Gasteiger partial charge in [0.25, 0.3) is 5.91 Å². The summed E-state index contributed by atoms with van der Waals surface area (Å²) >= 11 is 0. The summed E-state index contributed by atoms with van der Waals surface area (Å²) in [5.41, 5.74) is 3.82. The lowest BCUT2D eigenvalue weighted by Gasteiger charge is -2.38. The van der Waals surface area contributed by atoms with Crippen LogP contribution in [0.5, 0.6) is 5.75 Å². The van der Waals surface area contributed by atoms with Gasteiger partial charge in [0, 0.05) is 12.1 Å². The number of halogens is 1. The van der Waals surface area contributed by atoms with E-state index in [9.17, 15) is 9.18 Å². The third-order valence-electron chi connectivity index (χ3n) is 5.05. The average molecular weight is 361 g/mol. The molecule has 0 N–H and O–H groups in total. The van der Waals surface area contributed by atoms with E-state index in [2.05, 4.69) is 6.07 Å². The predicted molar refractivity (Wildman–Crippen MR) is 102 cm³/mol.